The molecule has 0 aliphatic rings. The number of carbonyl (C=O) groups excluding carboxylic acids is 2. The first-order chi connectivity index (χ1) is 13.5. The Kier molecular flexibility index (Phi) is 6.44. The number of thiazole rings is 1. The van der Waals surface area contributed by atoms with E-state index >= 15 is 0 Å². The lowest BCUT2D eigenvalue weighted by Gasteiger charge is -2.15. The number of nitrogens with one attached hydrogen (secondary N) is 1. The van der Waals surface area contributed by atoms with E-state index in [0.29, 0.717) is 11.5 Å². The van der Waals surface area contributed by atoms with E-state index in [1.807, 2.05) is 12.3 Å². The van der Waals surface area contributed by atoms with Crippen LogP contribution < -0.4 is 10.1 Å². The summed E-state index contributed by atoms with van der Waals surface area (Å²) in [5.74, 6) is -0.0592. The van der Waals surface area contributed by atoms with Crippen LogP contribution in [0.4, 0.5) is 0 Å². The molecule has 2 aromatic heterocycles. The molecular weight excluding hydrogens is 380 g/mol. The molecule has 8 heteroatoms. The van der Waals surface area contributed by atoms with Gasteiger partial charge in [-0.15, -0.1) is 11.3 Å². The number of hydrogen-bond donors (Lipinski definition) is 1. The normalized spacial score (nSPS) is 11.6. The summed E-state index contributed by atoms with van der Waals surface area (Å²) in [5.41, 5.74) is 1.04. The maximum atomic E-state index is 12.5. The molecule has 3 aromatic rings. The van der Waals surface area contributed by atoms with Gasteiger partial charge in [0.1, 0.15) is 23.7 Å². The van der Waals surface area contributed by atoms with Crippen LogP contribution in [0.1, 0.15) is 33.7 Å². The molecule has 28 heavy (non-hydrogen) atoms. The number of rotatable bonds is 8. The lowest BCUT2D eigenvalue weighted by molar-refractivity contribution is -0.129. The zero-order chi connectivity index (χ0) is 19.9. The molecular formula is C20H20N2O5S. The van der Waals surface area contributed by atoms with E-state index in [9.17, 15) is 9.59 Å². The summed E-state index contributed by atoms with van der Waals surface area (Å²) in [6, 6.07) is 10.2. The zero-order valence-corrected chi connectivity index (χ0v) is 16.3. The zero-order valence-electron chi connectivity index (χ0n) is 15.5. The number of benzene rings is 1. The van der Waals surface area contributed by atoms with E-state index in [1.54, 1.807) is 36.4 Å². The SMILES string of the molecule is Cc1nc(COc2ccccc2C(=O)O[C@@H](C)C(=O)NCc2ccco2)cs1. The second-order valence-electron chi connectivity index (χ2n) is 5.99. The minimum atomic E-state index is -0.961. The Hall–Kier alpha value is -3.13. The summed E-state index contributed by atoms with van der Waals surface area (Å²) in [4.78, 5) is 29.0. The number of aromatic nitrogens is 1. The molecule has 0 spiro atoms. The van der Waals surface area contributed by atoms with Crippen LogP contribution in [0.2, 0.25) is 0 Å². The van der Waals surface area contributed by atoms with Crippen LogP contribution in [-0.4, -0.2) is 23.0 Å². The standard InChI is InChI=1S/C20H20N2O5S/c1-13(19(23)21-10-16-6-5-9-25-16)27-20(24)17-7-3-4-8-18(17)26-11-15-12-28-14(2)22-15/h3-9,12-13H,10-11H2,1-2H3,(H,21,23)/t13-/m0/s1. The maximum absolute atomic E-state index is 12.5. The molecule has 2 heterocycles. The quantitative estimate of drug-likeness (QED) is 0.582. The third-order valence-corrected chi connectivity index (χ3v) is 4.64. The molecule has 0 aliphatic carbocycles. The predicted octanol–water partition coefficient (Wildman–Crippen LogP) is 3.49. The molecule has 0 unspecified atom stereocenters. The topological polar surface area (TPSA) is 90.7 Å². The summed E-state index contributed by atoms with van der Waals surface area (Å²) in [5, 5.41) is 5.51. The van der Waals surface area contributed by atoms with Gasteiger partial charge in [-0.05, 0) is 38.1 Å². The van der Waals surface area contributed by atoms with E-state index in [0.717, 1.165) is 10.7 Å². The third kappa shape index (κ3) is 5.20. The summed E-state index contributed by atoms with van der Waals surface area (Å²) in [6.45, 7) is 3.89. The van der Waals surface area contributed by atoms with Crippen LogP contribution in [-0.2, 0) is 22.7 Å². The number of carbonyl (C=O) groups is 2. The second-order valence-corrected chi connectivity index (χ2v) is 7.05. The van der Waals surface area contributed by atoms with Crippen LogP contribution in [0.25, 0.3) is 0 Å². The van der Waals surface area contributed by atoms with E-state index in [-0.39, 0.29) is 18.7 Å². The predicted molar refractivity (Wildman–Crippen MR) is 103 cm³/mol. The molecule has 1 amide bonds. The number of para-hydroxylation sites is 1. The Bertz CT molecular complexity index is 936. The second kappa shape index (κ2) is 9.18. The highest BCUT2D eigenvalue weighted by molar-refractivity contribution is 7.09. The Balaban J connectivity index is 1.57. The van der Waals surface area contributed by atoms with Crippen molar-refractivity contribution in [2.45, 2.75) is 33.1 Å². The largest absolute Gasteiger partial charge is 0.486 e. The Morgan fingerprint density at radius 2 is 2.07 bits per heavy atom. The van der Waals surface area contributed by atoms with Crippen molar-refractivity contribution in [1.29, 1.82) is 0 Å². The van der Waals surface area contributed by atoms with Gasteiger partial charge in [0, 0.05) is 5.38 Å². The van der Waals surface area contributed by atoms with Gasteiger partial charge in [-0.1, -0.05) is 12.1 Å². The number of nitrogens with zero attached hydrogens (tertiary/aromatic N) is 1. The lowest BCUT2D eigenvalue weighted by atomic mass is 10.2. The molecule has 0 saturated heterocycles. The Morgan fingerprint density at radius 1 is 1.25 bits per heavy atom. The van der Waals surface area contributed by atoms with Crippen LogP contribution in [0.15, 0.2) is 52.5 Å². The van der Waals surface area contributed by atoms with Gasteiger partial charge >= 0.3 is 5.97 Å². The molecule has 0 aliphatic heterocycles. The van der Waals surface area contributed by atoms with Crippen molar-refractivity contribution in [2.75, 3.05) is 0 Å². The Labute approximate surface area is 166 Å². The first kappa shape index (κ1) is 19.6. The number of furan rings is 1. The first-order valence-corrected chi connectivity index (χ1v) is 9.55. The van der Waals surface area contributed by atoms with E-state index in [4.69, 9.17) is 13.9 Å². The minimum Gasteiger partial charge on any atom is -0.486 e. The van der Waals surface area contributed by atoms with Crippen molar-refractivity contribution in [1.82, 2.24) is 10.3 Å². The van der Waals surface area contributed by atoms with E-state index in [1.165, 1.54) is 24.5 Å². The number of ether oxygens (including phenoxy) is 2. The third-order valence-electron chi connectivity index (χ3n) is 3.82. The van der Waals surface area contributed by atoms with Crippen LogP contribution in [0, 0.1) is 6.92 Å². The molecule has 1 N–H and O–H groups in total. The number of hydrogen-bond acceptors (Lipinski definition) is 7. The van der Waals surface area contributed by atoms with Gasteiger partial charge in [0.15, 0.2) is 6.10 Å². The average molecular weight is 400 g/mol. The average Bonchev–Trinajstić information content (AvgIpc) is 3.36. The number of aryl methyl sites for hydroxylation is 1. The highest BCUT2D eigenvalue weighted by atomic mass is 32.1. The van der Waals surface area contributed by atoms with Crippen molar-refractivity contribution < 1.29 is 23.5 Å². The monoisotopic (exact) mass is 400 g/mol. The van der Waals surface area contributed by atoms with Gasteiger partial charge in [-0.3, -0.25) is 4.79 Å². The van der Waals surface area contributed by atoms with Crippen molar-refractivity contribution in [3.8, 4) is 5.75 Å². The fourth-order valence-corrected chi connectivity index (χ4v) is 2.99. The Morgan fingerprint density at radius 3 is 2.79 bits per heavy atom. The van der Waals surface area contributed by atoms with E-state index in [2.05, 4.69) is 10.3 Å². The lowest BCUT2D eigenvalue weighted by Crippen LogP contribution is -2.35. The highest BCUT2D eigenvalue weighted by Gasteiger charge is 2.21. The smallest absolute Gasteiger partial charge is 0.342 e. The van der Waals surface area contributed by atoms with Crippen LogP contribution >= 0.6 is 11.3 Å². The fourth-order valence-electron chi connectivity index (χ4n) is 2.40. The number of esters is 1. The summed E-state index contributed by atoms with van der Waals surface area (Å²) >= 11 is 1.53. The van der Waals surface area contributed by atoms with Crippen LogP contribution in [0.3, 0.4) is 0 Å². The molecule has 0 bridgehead atoms. The summed E-state index contributed by atoms with van der Waals surface area (Å²) < 4.78 is 16.2. The summed E-state index contributed by atoms with van der Waals surface area (Å²) in [6.07, 6.45) is 0.561. The molecule has 146 valence electrons. The van der Waals surface area contributed by atoms with Crippen molar-refractivity contribution in [2.24, 2.45) is 0 Å². The van der Waals surface area contributed by atoms with Gasteiger partial charge in [-0.2, -0.15) is 0 Å². The minimum absolute atomic E-state index is 0.223. The number of amides is 1. The van der Waals surface area contributed by atoms with E-state index < -0.39 is 18.0 Å². The van der Waals surface area contributed by atoms with Crippen molar-refractivity contribution in [3.63, 3.8) is 0 Å². The molecule has 0 radical (unpaired) electrons. The molecule has 0 fully saturated rings. The van der Waals surface area contributed by atoms with Gasteiger partial charge < -0.3 is 19.2 Å². The van der Waals surface area contributed by atoms with Gasteiger partial charge in [0.25, 0.3) is 5.91 Å². The van der Waals surface area contributed by atoms with Gasteiger partial charge in [-0.25, -0.2) is 9.78 Å². The highest BCUT2D eigenvalue weighted by Crippen LogP contribution is 2.21. The molecule has 3 rings (SSSR count). The van der Waals surface area contributed by atoms with Crippen LogP contribution in [0.5, 0.6) is 5.75 Å². The molecule has 1 atom stereocenters. The fraction of sp³-hybridized carbons (Fsp3) is 0.250. The molecule has 0 saturated carbocycles. The molecule has 7 nitrogen and oxygen atoms in total. The van der Waals surface area contributed by atoms with Crippen molar-refractivity contribution in [3.05, 3.63) is 70.1 Å². The van der Waals surface area contributed by atoms with Gasteiger partial charge in [0.05, 0.1) is 23.5 Å². The van der Waals surface area contributed by atoms with Crippen molar-refractivity contribution >= 4 is 23.2 Å². The molecule has 1 aromatic carbocycles. The van der Waals surface area contributed by atoms with Gasteiger partial charge in [0.2, 0.25) is 0 Å². The maximum Gasteiger partial charge on any atom is 0.342 e. The first-order valence-electron chi connectivity index (χ1n) is 8.67. The summed E-state index contributed by atoms with van der Waals surface area (Å²) in [7, 11) is 0.